The van der Waals surface area contributed by atoms with Crippen LogP contribution >= 0.6 is 24.0 Å². The van der Waals surface area contributed by atoms with E-state index in [1.54, 1.807) is 19.4 Å². The first-order valence-corrected chi connectivity index (χ1v) is 5.20. The molecule has 0 aliphatic heterocycles. The van der Waals surface area contributed by atoms with Crippen molar-refractivity contribution in [1.82, 2.24) is 15.3 Å². The van der Waals surface area contributed by atoms with Crippen LogP contribution in [0, 0.1) is 0 Å². The average Bonchev–Trinajstić information content (AvgIpc) is 3.10. The number of ether oxygens (including phenoxy) is 1. The predicted octanol–water partition coefficient (Wildman–Crippen LogP) is 0.670. The maximum atomic E-state index is 5.69. The van der Waals surface area contributed by atoms with Gasteiger partial charge in [0.15, 0.2) is 11.8 Å². The van der Waals surface area contributed by atoms with Gasteiger partial charge in [-0.05, 0) is 12.8 Å². The number of halogens is 1. The van der Waals surface area contributed by atoms with Gasteiger partial charge in [-0.2, -0.15) is 4.98 Å². The van der Waals surface area contributed by atoms with Gasteiger partial charge < -0.3 is 15.8 Å². The molecule has 0 aromatic carbocycles. The molecule has 1 heterocycles. The highest BCUT2D eigenvalue weighted by molar-refractivity contribution is 14.0. The zero-order chi connectivity index (χ0) is 11.4. The van der Waals surface area contributed by atoms with Crippen LogP contribution < -0.4 is 15.8 Å². The van der Waals surface area contributed by atoms with Gasteiger partial charge in [0.1, 0.15) is 6.54 Å². The predicted molar refractivity (Wildman–Crippen MR) is 75.5 cm³/mol. The second-order valence-corrected chi connectivity index (χ2v) is 3.64. The minimum absolute atomic E-state index is 0. The lowest BCUT2D eigenvalue weighted by Gasteiger charge is -2.03. The first-order chi connectivity index (χ1) is 7.78. The van der Waals surface area contributed by atoms with Crippen LogP contribution in [0.3, 0.4) is 0 Å². The average molecular weight is 349 g/mol. The number of hydrogen-bond donors (Lipinski definition) is 2. The van der Waals surface area contributed by atoms with Crippen LogP contribution in [0.25, 0.3) is 0 Å². The molecule has 1 aromatic rings. The van der Waals surface area contributed by atoms with E-state index in [4.69, 9.17) is 10.5 Å². The Balaban J connectivity index is 0.00000144. The maximum absolute atomic E-state index is 5.69. The second-order valence-electron chi connectivity index (χ2n) is 3.64. The first kappa shape index (κ1) is 13.9. The van der Waals surface area contributed by atoms with Crippen molar-refractivity contribution in [3.8, 4) is 5.88 Å². The van der Waals surface area contributed by atoms with E-state index in [2.05, 4.69) is 20.3 Å². The van der Waals surface area contributed by atoms with E-state index in [0.29, 0.717) is 30.3 Å². The summed E-state index contributed by atoms with van der Waals surface area (Å²) in [5, 5.41) is 3.09. The molecular weight excluding hydrogens is 333 g/mol. The highest BCUT2D eigenvalue weighted by Gasteiger charge is 2.21. The fourth-order valence-corrected chi connectivity index (χ4v) is 1.21. The Labute approximate surface area is 117 Å². The lowest BCUT2D eigenvalue weighted by molar-refractivity contribution is 0.394. The number of hydrogen-bond acceptors (Lipinski definition) is 4. The van der Waals surface area contributed by atoms with Crippen LogP contribution in [-0.2, 0) is 6.54 Å². The molecule has 6 nitrogen and oxygen atoms in total. The van der Waals surface area contributed by atoms with Crippen molar-refractivity contribution < 1.29 is 4.74 Å². The molecular formula is C10H16IN5O. The van der Waals surface area contributed by atoms with Gasteiger partial charge in [0.2, 0.25) is 5.88 Å². The number of aromatic nitrogens is 2. The minimum atomic E-state index is 0. The molecule has 3 N–H and O–H groups in total. The normalized spacial score (nSPS) is 15.0. The summed E-state index contributed by atoms with van der Waals surface area (Å²) < 4.78 is 4.99. The van der Waals surface area contributed by atoms with Crippen molar-refractivity contribution in [2.75, 3.05) is 7.11 Å². The number of nitrogens with zero attached hydrogens (tertiary/aromatic N) is 3. The Morgan fingerprint density at radius 1 is 1.65 bits per heavy atom. The molecule has 1 aliphatic carbocycles. The van der Waals surface area contributed by atoms with Crippen molar-refractivity contribution in [3.63, 3.8) is 0 Å². The van der Waals surface area contributed by atoms with Gasteiger partial charge in [0.25, 0.3) is 0 Å². The van der Waals surface area contributed by atoms with E-state index in [1.165, 1.54) is 12.8 Å². The number of nitrogens with one attached hydrogen (secondary N) is 1. The Morgan fingerprint density at radius 2 is 2.41 bits per heavy atom. The van der Waals surface area contributed by atoms with Gasteiger partial charge in [-0.3, -0.25) is 0 Å². The molecule has 0 saturated heterocycles. The lowest BCUT2D eigenvalue weighted by Crippen LogP contribution is -2.33. The van der Waals surface area contributed by atoms with Gasteiger partial charge in [0, 0.05) is 18.3 Å². The van der Waals surface area contributed by atoms with Gasteiger partial charge in [-0.15, -0.1) is 24.0 Å². The molecule has 0 amide bonds. The van der Waals surface area contributed by atoms with E-state index in [0.717, 1.165) is 0 Å². The summed E-state index contributed by atoms with van der Waals surface area (Å²) in [6.07, 6.45) is 3.99. The Bertz CT molecular complexity index is 394. The monoisotopic (exact) mass is 349 g/mol. The van der Waals surface area contributed by atoms with E-state index in [9.17, 15) is 0 Å². The highest BCUT2D eigenvalue weighted by atomic mass is 127. The zero-order valence-electron chi connectivity index (χ0n) is 9.59. The molecule has 0 unspecified atom stereocenters. The molecule has 1 aromatic heterocycles. The molecule has 7 heteroatoms. The summed E-state index contributed by atoms with van der Waals surface area (Å²) in [4.78, 5) is 12.4. The van der Waals surface area contributed by atoms with Crippen molar-refractivity contribution in [1.29, 1.82) is 0 Å². The number of methoxy groups -OCH3 is 1. The zero-order valence-corrected chi connectivity index (χ0v) is 11.9. The summed E-state index contributed by atoms with van der Waals surface area (Å²) in [5.74, 6) is 1.59. The quantitative estimate of drug-likeness (QED) is 0.474. The van der Waals surface area contributed by atoms with Crippen LogP contribution in [0.15, 0.2) is 17.3 Å². The molecule has 17 heavy (non-hydrogen) atoms. The third-order valence-corrected chi connectivity index (χ3v) is 2.21. The summed E-state index contributed by atoms with van der Waals surface area (Å²) in [6.45, 7) is 0.364. The Morgan fingerprint density at radius 3 is 3.06 bits per heavy atom. The topological polar surface area (TPSA) is 85.4 Å². The summed E-state index contributed by atoms with van der Waals surface area (Å²) >= 11 is 0. The molecule has 1 saturated carbocycles. The highest BCUT2D eigenvalue weighted by Crippen LogP contribution is 2.18. The van der Waals surface area contributed by atoms with E-state index in [1.807, 2.05) is 0 Å². The molecule has 1 aliphatic rings. The molecule has 0 bridgehead atoms. The largest absolute Gasteiger partial charge is 0.481 e. The van der Waals surface area contributed by atoms with Crippen molar-refractivity contribution in [2.45, 2.75) is 25.4 Å². The number of aliphatic imine (C=N–C) groups is 1. The third kappa shape index (κ3) is 4.72. The van der Waals surface area contributed by atoms with Gasteiger partial charge in [-0.25, -0.2) is 9.98 Å². The van der Waals surface area contributed by atoms with Crippen LogP contribution in [0.4, 0.5) is 0 Å². The molecule has 1 fully saturated rings. The van der Waals surface area contributed by atoms with Crippen molar-refractivity contribution in [2.24, 2.45) is 10.7 Å². The standard InChI is InChI=1S/C10H15N5O.HI/c1-16-9-4-5-12-8(15-9)6-13-10(11)14-7-2-3-7;/h4-5,7H,2-3,6H2,1H3,(H3,11,13,14);1H. The molecule has 94 valence electrons. The summed E-state index contributed by atoms with van der Waals surface area (Å²) in [6, 6.07) is 2.20. The maximum Gasteiger partial charge on any atom is 0.216 e. The Hall–Kier alpha value is -1.12. The number of nitrogens with two attached hydrogens (primary N) is 1. The van der Waals surface area contributed by atoms with Crippen LogP contribution in [0.1, 0.15) is 18.7 Å². The molecule has 0 atom stereocenters. The lowest BCUT2D eigenvalue weighted by atomic mass is 10.5. The van der Waals surface area contributed by atoms with E-state index >= 15 is 0 Å². The van der Waals surface area contributed by atoms with Gasteiger partial charge in [0.05, 0.1) is 7.11 Å². The second kappa shape index (κ2) is 6.58. The minimum Gasteiger partial charge on any atom is -0.481 e. The van der Waals surface area contributed by atoms with Crippen LogP contribution in [0.2, 0.25) is 0 Å². The third-order valence-electron chi connectivity index (χ3n) is 2.21. The SMILES string of the molecule is COc1ccnc(CN=C(N)NC2CC2)n1.I. The van der Waals surface area contributed by atoms with Crippen molar-refractivity contribution in [3.05, 3.63) is 18.1 Å². The summed E-state index contributed by atoms with van der Waals surface area (Å²) in [7, 11) is 1.57. The molecule has 0 spiro atoms. The fraction of sp³-hybridized carbons (Fsp3) is 0.500. The van der Waals surface area contributed by atoms with Gasteiger partial charge in [-0.1, -0.05) is 0 Å². The summed E-state index contributed by atoms with van der Waals surface area (Å²) in [5.41, 5.74) is 5.69. The van der Waals surface area contributed by atoms with Crippen LogP contribution in [-0.4, -0.2) is 29.1 Å². The Kier molecular flexibility index (Phi) is 5.39. The number of guanidine groups is 1. The van der Waals surface area contributed by atoms with Crippen molar-refractivity contribution >= 4 is 29.9 Å². The van der Waals surface area contributed by atoms with E-state index < -0.39 is 0 Å². The van der Waals surface area contributed by atoms with Crippen LogP contribution in [0.5, 0.6) is 5.88 Å². The fourth-order valence-electron chi connectivity index (χ4n) is 1.21. The van der Waals surface area contributed by atoms with Gasteiger partial charge >= 0.3 is 0 Å². The smallest absolute Gasteiger partial charge is 0.216 e. The molecule has 2 rings (SSSR count). The first-order valence-electron chi connectivity index (χ1n) is 5.20. The number of rotatable bonds is 4. The van der Waals surface area contributed by atoms with E-state index in [-0.39, 0.29) is 24.0 Å². The molecule has 0 radical (unpaired) electrons.